The molecule has 0 saturated carbocycles. The van der Waals surface area contributed by atoms with E-state index in [9.17, 15) is 9.90 Å². The number of nitrogens with one attached hydrogen (secondary N) is 1. The minimum atomic E-state index is -0.0199. The Morgan fingerprint density at radius 3 is 2.65 bits per heavy atom. The van der Waals surface area contributed by atoms with E-state index >= 15 is 0 Å². The van der Waals surface area contributed by atoms with Crippen LogP contribution in [0, 0.1) is 0 Å². The summed E-state index contributed by atoms with van der Waals surface area (Å²) in [6.45, 7) is 3.47. The van der Waals surface area contributed by atoms with Crippen LogP contribution in [0.2, 0.25) is 0 Å². The van der Waals surface area contributed by atoms with Gasteiger partial charge in [-0.05, 0) is 29.5 Å². The summed E-state index contributed by atoms with van der Waals surface area (Å²) < 4.78 is 0. The molecule has 4 nitrogen and oxygen atoms in total. The zero-order valence-electron chi connectivity index (χ0n) is 15.4. The van der Waals surface area contributed by atoms with Crippen LogP contribution in [-0.4, -0.2) is 41.7 Å². The van der Waals surface area contributed by atoms with Crippen LogP contribution in [-0.2, 0) is 11.2 Å². The molecule has 2 atom stereocenters. The summed E-state index contributed by atoms with van der Waals surface area (Å²) in [6.07, 6.45) is 2.20. The second-order valence-corrected chi connectivity index (χ2v) is 6.84. The van der Waals surface area contributed by atoms with Gasteiger partial charge in [-0.25, -0.2) is 0 Å². The smallest absolute Gasteiger partial charge is 0.224 e. The van der Waals surface area contributed by atoms with Gasteiger partial charge in [-0.15, -0.1) is 0 Å². The predicted octanol–water partition coefficient (Wildman–Crippen LogP) is 2.91. The Morgan fingerprint density at radius 2 is 1.92 bits per heavy atom. The Morgan fingerprint density at radius 1 is 1.19 bits per heavy atom. The van der Waals surface area contributed by atoms with Crippen molar-refractivity contribution in [3.8, 4) is 0 Å². The standard InChI is InChI=1S/C22H28N2O2/c1-2-19(16-25)23-14-12-21(26)24-15-13-17-8-6-7-11-20(17)22(24)18-9-4-3-5-10-18/h3-11,19,22-23,25H,2,12-16H2,1H3/t19-,22+/m1/s1. The normalized spacial score (nSPS) is 17.6. The molecule has 0 fully saturated rings. The second-order valence-electron chi connectivity index (χ2n) is 6.84. The van der Waals surface area contributed by atoms with Crippen molar-refractivity contribution >= 4 is 5.91 Å². The Kier molecular flexibility index (Phi) is 6.42. The molecule has 0 bridgehead atoms. The van der Waals surface area contributed by atoms with Gasteiger partial charge in [-0.1, -0.05) is 61.5 Å². The molecule has 1 aliphatic rings. The molecule has 0 aromatic heterocycles. The highest BCUT2D eigenvalue weighted by atomic mass is 16.3. The fourth-order valence-electron chi connectivity index (χ4n) is 3.69. The maximum absolute atomic E-state index is 13.0. The molecule has 1 aliphatic heterocycles. The van der Waals surface area contributed by atoms with Crippen LogP contribution in [0.5, 0.6) is 0 Å². The Hall–Kier alpha value is -2.17. The number of carbonyl (C=O) groups is 1. The van der Waals surface area contributed by atoms with Crippen LogP contribution in [0.4, 0.5) is 0 Å². The van der Waals surface area contributed by atoms with Gasteiger partial charge < -0.3 is 15.3 Å². The van der Waals surface area contributed by atoms with Gasteiger partial charge in [0.2, 0.25) is 5.91 Å². The summed E-state index contributed by atoms with van der Waals surface area (Å²) in [7, 11) is 0. The maximum atomic E-state index is 13.0. The first kappa shape index (κ1) is 18.6. The third kappa shape index (κ3) is 4.14. The number of hydrogen-bond acceptors (Lipinski definition) is 3. The lowest BCUT2D eigenvalue weighted by molar-refractivity contribution is -0.133. The predicted molar refractivity (Wildman–Crippen MR) is 104 cm³/mol. The van der Waals surface area contributed by atoms with Gasteiger partial charge in [0.15, 0.2) is 0 Å². The highest BCUT2D eigenvalue weighted by molar-refractivity contribution is 5.78. The van der Waals surface area contributed by atoms with E-state index in [4.69, 9.17) is 0 Å². The van der Waals surface area contributed by atoms with Crippen LogP contribution in [0.15, 0.2) is 54.6 Å². The molecule has 0 spiro atoms. The fraction of sp³-hybridized carbons (Fsp3) is 0.409. The summed E-state index contributed by atoms with van der Waals surface area (Å²) in [5, 5.41) is 12.5. The quantitative estimate of drug-likeness (QED) is 0.806. The van der Waals surface area contributed by atoms with Crippen LogP contribution in [0.1, 0.15) is 42.5 Å². The molecular weight excluding hydrogens is 324 g/mol. The number of amides is 1. The molecule has 0 radical (unpaired) electrons. The van der Waals surface area contributed by atoms with Gasteiger partial charge in [0.1, 0.15) is 0 Å². The molecule has 1 heterocycles. The summed E-state index contributed by atoms with van der Waals surface area (Å²) >= 11 is 0. The van der Waals surface area contributed by atoms with Gasteiger partial charge in [0.25, 0.3) is 0 Å². The third-order valence-corrected chi connectivity index (χ3v) is 5.20. The number of benzene rings is 2. The van der Waals surface area contributed by atoms with Crippen molar-refractivity contribution in [1.29, 1.82) is 0 Å². The van der Waals surface area contributed by atoms with Gasteiger partial charge in [0, 0.05) is 25.6 Å². The SMILES string of the molecule is CC[C@H](CO)NCCC(=O)N1CCc2ccccc2[C@@H]1c1ccccc1. The molecule has 2 N–H and O–H groups in total. The molecule has 2 aromatic rings. The minimum Gasteiger partial charge on any atom is -0.395 e. The maximum Gasteiger partial charge on any atom is 0.224 e. The Balaban J connectivity index is 1.78. The molecule has 0 unspecified atom stereocenters. The average molecular weight is 352 g/mol. The number of fused-ring (bicyclic) bond motifs is 1. The topological polar surface area (TPSA) is 52.6 Å². The number of aliphatic hydroxyl groups excluding tert-OH is 1. The molecule has 138 valence electrons. The van der Waals surface area contributed by atoms with Crippen LogP contribution >= 0.6 is 0 Å². The number of rotatable bonds is 7. The lowest BCUT2D eigenvalue weighted by Crippen LogP contribution is -2.42. The van der Waals surface area contributed by atoms with Gasteiger partial charge in [0.05, 0.1) is 12.6 Å². The van der Waals surface area contributed by atoms with E-state index in [1.54, 1.807) is 0 Å². The summed E-state index contributed by atoms with van der Waals surface area (Å²) in [5.74, 6) is 0.161. The van der Waals surface area contributed by atoms with Crippen molar-refractivity contribution in [2.75, 3.05) is 19.7 Å². The molecule has 0 aliphatic carbocycles. The van der Waals surface area contributed by atoms with Crippen molar-refractivity contribution in [2.24, 2.45) is 0 Å². The monoisotopic (exact) mass is 352 g/mol. The lowest BCUT2D eigenvalue weighted by atomic mass is 9.88. The summed E-state index contributed by atoms with van der Waals surface area (Å²) in [4.78, 5) is 15.0. The first-order valence-electron chi connectivity index (χ1n) is 9.51. The zero-order chi connectivity index (χ0) is 18.4. The van der Waals surface area contributed by atoms with E-state index in [0.29, 0.717) is 13.0 Å². The summed E-state index contributed by atoms with van der Waals surface area (Å²) in [5.41, 5.74) is 3.71. The minimum absolute atomic E-state index is 0.0199. The molecule has 2 aromatic carbocycles. The summed E-state index contributed by atoms with van der Waals surface area (Å²) in [6, 6.07) is 18.8. The van der Waals surface area contributed by atoms with Crippen molar-refractivity contribution in [1.82, 2.24) is 10.2 Å². The van der Waals surface area contributed by atoms with Gasteiger partial charge in [-0.3, -0.25) is 4.79 Å². The van der Waals surface area contributed by atoms with Crippen LogP contribution in [0.25, 0.3) is 0 Å². The average Bonchev–Trinajstić information content (AvgIpc) is 2.71. The second kappa shape index (κ2) is 8.97. The lowest BCUT2D eigenvalue weighted by Gasteiger charge is -2.38. The highest BCUT2D eigenvalue weighted by Gasteiger charge is 2.31. The first-order chi connectivity index (χ1) is 12.7. The van der Waals surface area contributed by atoms with Crippen molar-refractivity contribution in [2.45, 2.75) is 38.3 Å². The number of hydrogen-bond donors (Lipinski definition) is 2. The molecule has 4 heteroatoms. The van der Waals surface area contributed by atoms with Crippen molar-refractivity contribution < 1.29 is 9.90 Å². The number of nitrogens with zero attached hydrogens (tertiary/aromatic N) is 1. The van der Waals surface area contributed by atoms with E-state index in [0.717, 1.165) is 24.9 Å². The van der Waals surface area contributed by atoms with Crippen LogP contribution < -0.4 is 5.32 Å². The molecule has 3 rings (SSSR count). The third-order valence-electron chi connectivity index (χ3n) is 5.20. The Bertz CT molecular complexity index is 713. The largest absolute Gasteiger partial charge is 0.395 e. The molecule has 26 heavy (non-hydrogen) atoms. The van der Waals surface area contributed by atoms with Crippen LogP contribution in [0.3, 0.4) is 0 Å². The van der Waals surface area contributed by atoms with Crippen molar-refractivity contribution in [3.63, 3.8) is 0 Å². The fourth-order valence-corrected chi connectivity index (χ4v) is 3.69. The van der Waals surface area contributed by atoms with E-state index in [-0.39, 0.29) is 24.6 Å². The van der Waals surface area contributed by atoms with E-state index < -0.39 is 0 Å². The zero-order valence-corrected chi connectivity index (χ0v) is 15.4. The number of carbonyl (C=O) groups excluding carboxylic acids is 1. The van der Waals surface area contributed by atoms with Gasteiger partial charge in [-0.2, -0.15) is 0 Å². The van der Waals surface area contributed by atoms with E-state index in [1.165, 1.54) is 11.1 Å². The van der Waals surface area contributed by atoms with E-state index in [2.05, 4.69) is 41.7 Å². The molecular formula is C22H28N2O2. The molecule has 1 amide bonds. The highest BCUT2D eigenvalue weighted by Crippen LogP contribution is 2.35. The van der Waals surface area contributed by atoms with E-state index in [1.807, 2.05) is 30.0 Å². The molecule has 0 saturated heterocycles. The first-order valence-corrected chi connectivity index (χ1v) is 9.51. The van der Waals surface area contributed by atoms with Gasteiger partial charge >= 0.3 is 0 Å². The van der Waals surface area contributed by atoms with Crippen molar-refractivity contribution in [3.05, 3.63) is 71.3 Å². The number of aliphatic hydroxyl groups is 1. The Labute approximate surface area is 155 Å².